The van der Waals surface area contributed by atoms with Crippen molar-refractivity contribution in [1.82, 2.24) is 0 Å². The van der Waals surface area contributed by atoms with Gasteiger partial charge in [0.2, 0.25) is 0 Å². The van der Waals surface area contributed by atoms with Crippen LogP contribution in [0.4, 0.5) is 4.39 Å². The van der Waals surface area contributed by atoms with Gasteiger partial charge < -0.3 is 5.73 Å². The lowest BCUT2D eigenvalue weighted by molar-refractivity contribution is 0.617. The van der Waals surface area contributed by atoms with E-state index in [9.17, 15) is 4.39 Å². The third-order valence-electron chi connectivity index (χ3n) is 3.11. The molecule has 0 spiro atoms. The van der Waals surface area contributed by atoms with Crippen LogP contribution in [-0.2, 0) is 6.42 Å². The van der Waals surface area contributed by atoms with E-state index < -0.39 is 0 Å². The van der Waals surface area contributed by atoms with Crippen molar-refractivity contribution in [3.05, 3.63) is 69.0 Å². The molecule has 100 valence electrons. The molecule has 0 saturated carbocycles. The van der Waals surface area contributed by atoms with Gasteiger partial charge in [0, 0.05) is 6.04 Å². The van der Waals surface area contributed by atoms with Crippen molar-refractivity contribution in [1.29, 1.82) is 0 Å². The maximum Gasteiger partial charge on any atom is 0.123 e. The Hall–Kier alpha value is -1.09. The average molecular weight is 298 g/mol. The van der Waals surface area contributed by atoms with Crippen LogP contribution >= 0.6 is 23.2 Å². The first kappa shape index (κ1) is 14.3. The zero-order valence-corrected chi connectivity index (χ0v) is 12.0. The topological polar surface area (TPSA) is 26.0 Å². The van der Waals surface area contributed by atoms with Crippen molar-refractivity contribution in [2.45, 2.75) is 19.4 Å². The minimum absolute atomic E-state index is 0.284. The van der Waals surface area contributed by atoms with Crippen LogP contribution in [0.5, 0.6) is 0 Å². The van der Waals surface area contributed by atoms with E-state index in [1.54, 1.807) is 12.1 Å². The summed E-state index contributed by atoms with van der Waals surface area (Å²) < 4.78 is 13.3. The second kappa shape index (κ2) is 5.91. The van der Waals surface area contributed by atoms with Gasteiger partial charge in [-0.05, 0) is 48.2 Å². The summed E-state index contributed by atoms with van der Waals surface area (Å²) in [6, 6.07) is 9.75. The van der Waals surface area contributed by atoms with Crippen molar-refractivity contribution in [2.75, 3.05) is 0 Å². The molecule has 0 fully saturated rings. The standard InChI is InChI=1S/C15H14Cl2FN/c1-9-5-6-11(18)8-12(9)14(19)7-10-3-2-4-13(16)15(10)17/h2-6,8,14H,7,19H2,1H3. The molecule has 4 heteroatoms. The fraction of sp³-hybridized carbons (Fsp3) is 0.200. The first-order chi connectivity index (χ1) is 8.99. The molecule has 0 aliphatic rings. The Kier molecular flexibility index (Phi) is 4.46. The molecule has 2 aromatic rings. The van der Waals surface area contributed by atoms with Crippen LogP contribution < -0.4 is 5.73 Å². The maximum absolute atomic E-state index is 13.3. The molecule has 2 aromatic carbocycles. The number of aryl methyl sites for hydroxylation is 1. The predicted octanol–water partition coefficient (Wildman–Crippen LogP) is 4.68. The Morgan fingerprint density at radius 1 is 1.21 bits per heavy atom. The highest BCUT2D eigenvalue weighted by Crippen LogP contribution is 2.29. The quantitative estimate of drug-likeness (QED) is 0.874. The molecule has 19 heavy (non-hydrogen) atoms. The largest absolute Gasteiger partial charge is 0.324 e. The molecular formula is C15H14Cl2FN. The van der Waals surface area contributed by atoms with Gasteiger partial charge in [-0.25, -0.2) is 4.39 Å². The third kappa shape index (κ3) is 3.27. The van der Waals surface area contributed by atoms with E-state index in [0.717, 1.165) is 16.7 Å². The summed E-state index contributed by atoms with van der Waals surface area (Å²) >= 11 is 12.1. The van der Waals surface area contributed by atoms with Crippen LogP contribution in [0, 0.1) is 12.7 Å². The van der Waals surface area contributed by atoms with Crippen LogP contribution in [-0.4, -0.2) is 0 Å². The van der Waals surface area contributed by atoms with Crippen molar-refractivity contribution in [3.63, 3.8) is 0 Å². The highest BCUT2D eigenvalue weighted by Gasteiger charge is 2.13. The summed E-state index contributed by atoms with van der Waals surface area (Å²) in [7, 11) is 0. The summed E-state index contributed by atoms with van der Waals surface area (Å²) in [6.45, 7) is 1.91. The molecule has 0 aliphatic carbocycles. The second-order valence-corrected chi connectivity index (χ2v) is 5.31. The van der Waals surface area contributed by atoms with Gasteiger partial charge in [0.1, 0.15) is 5.82 Å². The fourth-order valence-electron chi connectivity index (χ4n) is 2.06. The number of hydrogen-bond acceptors (Lipinski definition) is 1. The molecule has 2 N–H and O–H groups in total. The lowest BCUT2D eigenvalue weighted by atomic mass is 9.96. The van der Waals surface area contributed by atoms with E-state index in [1.165, 1.54) is 12.1 Å². The van der Waals surface area contributed by atoms with Gasteiger partial charge in [0.05, 0.1) is 10.0 Å². The summed E-state index contributed by atoms with van der Waals surface area (Å²) in [5, 5.41) is 1.01. The molecule has 0 bridgehead atoms. The van der Waals surface area contributed by atoms with E-state index >= 15 is 0 Å². The fourth-order valence-corrected chi connectivity index (χ4v) is 2.46. The molecule has 1 nitrogen and oxygen atoms in total. The van der Waals surface area contributed by atoms with Gasteiger partial charge in [0.15, 0.2) is 0 Å². The maximum atomic E-state index is 13.3. The average Bonchev–Trinajstić information content (AvgIpc) is 2.38. The van der Waals surface area contributed by atoms with Gasteiger partial charge in [-0.2, -0.15) is 0 Å². The molecular weight excluding hydrogens is 284 g/mol. The van der Waals surface area contributed by atoms with Gasteiger partial charge >= 0.3 is 0 Å². The first-order valence-corrected chi connectivity index (χ1v) is 6.69. The monoisotopic (exact) mass is 297 g/mol. The van der Waals surface area contributed by atoms with Gasteiger partial charge in [-0.3, -0.25) is 0 Å². The minimum Gasteiger partial charge on any atom is -0.324 e. The number of benzene rings is 2. The SMILES string of the molecule is Cc1ccc(F)cc1C(N)Cc1cccc(Cl)c1Cl. The predicted molar refractivity (Wildman–Crippen MR) is 78.2 cm³/mol. The number of rotatable bonds is 3. The van der Waals surface area contributed by atoms with E-state index in [2.05, 4.69) is 0 Å². The molecule has 0 radical (unpaired) electrons. The summed E-state index contributed by atoms with van der Waals surface area (Å²) in [5.41, 5.74) is 8.77. The van der Waals surface area contributed by atoms with Crippen LogP contribution in [0.2, 0.25) is 10.0 Å². The normalized spacial score (nSPS) is 12.5. The van der Waals surface area contributed by atoms with Gasteiger partial charge in [0.25, 0.3) is 0 Å². The molecule has 1 unspecified atom stereocenters. The Morgan fingerprint density at radius 3 is 2.68 bits per heavy atom. The Bertz CT molecular complexity index is 599. The summed E-state index contributed by atoms with van der Waals surface area (Å²) in [5.74, 6) is -0.284. The molecule has 2 rings (SSSR count). The van der Waals surface area contributed by atoms with E-state index in [4.69, 9.17) is 28.9 Å². The number of hydrogen-bond donors (Lipinski definition) is 1. The van der Waals surface area contributed by atoms with Crippen molar-refractivity contribution < 1.29 is 4.39 Å². The lowest BCUT2D eigenvalue weighted by Crippen LogP contribution is -2.15. The smallest absolute Gasteiger partial charge is 0.123 e. The van der Waals surface area contributed by atoms with E-state index in [0.29, 0.717) is 16.5 Å². The molecule has 0 amide bonds. The third-order valence-corrected chi connectivity index (χ3v) is 3.97. The Balaban J connectivity index is 2.28. The minimum atomic E-state index is -0.313. The summed E-state index contributed by atoms with van der Waals surface area (Å²) in [4.78, 5) is 0. The highest BCUT2D eigenvalue weighted by atomic mass is 35.5. The molecule has 0 aromatic heterocycles. The van der Waals surface area contributed by atoms with Crippen LogP contribution in [0.1, 0.15) is 22.7 Å². The summed E-state index contributed by atoms with van der Waals surface area (Å²) in [6.07, 6.45) is 0.518. The van der Waals surface area contributed by atoms with Crippen molar-refractivity contribution in [3.8, 4) is 0 Å². The van der Waals surface area contributed by atoms with Crippen molar-refractivity contribution in [2.24, 2.45) is 5.73 Å². The Morgan fingerprint density at radius 2 is 1.95 bits per heavy atom. The molecule has 0 saturated heterocycles. The Labute approximate surface area is 122 Å². The lowest BCUT2D eigenvalue weighted by Gasteiger charge is -2.16. The van der Waals surface area contributed by atoms with Gasteiger partial charge in [-0.15, -0.1) is 0 Å². The second-order valence-electron chi connectivity index (χ2n) is 4.52. The van der Waals surface area contributed by atoms with Crippen LogP contribution in [0.15, 0.2) is 36.4 Å². The molecule has 0 aliphatic heterocycles. The number of halogens is 3. The van der Waals surface area contributed by atoms with Crippen LogP contribution in [0.25, 0.3) is 0 Å². The van der Waals surface area contributed by atoms with Crippen LogP contribution in [0.3, 0.4) is 0 Å². The number of nitrogens with two attached hydrogens (primary N) is 1. The van der Waals surface area contributed by atoms with Crippen molar-refractivity contribution >= 4 is 23.2 Å². The van der Waals surface area contributed by atoms with E-state index in [1.807, 2.05) is 19.1 Å². The molecule has 1 atom stereocenters. The van der Waals surface area contributed by atoms with Gasteiger partial charge in [-0.1, -0.05) is 41.4 Å². The zero-order valence-electron chi connectivity index (χ0n) is 10.5. The van der Waals surface area contributed by atoms with E-state index in [-0.39, 0.29) is 11.9 Å². The zero-order chi connectivity index (χ0) is 14.0. The molecule has 0 heterocycles. The highest BCUT2D eigenvalue weighted by molar-refractivity contribution is 6.42. The first-order valence-electron chi connectivity index (χ1n) is 5.93.